The van der Waals surface area contributed by atoms with E-state index in [9.17, 15) is 43.2 Å². The molecule has 0 saturated heterocycles. The zero-order valence-electron chi connectivity index (χ0n) is 57.7. The van der Waals surface area contributed by atoms with E-state index in [4.69, 9.17) is 37.0 Å². The van der Waals surface area contributed by atoms with E-state index in [0.717, 1.165) is 102 Å². The van der Waals surface area contributed by atoms with Gasteiger partial charge in [-0.15, -0.1) is 0 Å². The number of ether oxygens (including phenoxy) is 4. The van der Waals surface area contributed by atoms with Crippen molar-refractivity contribution in [3.8, 4) is 0 Å². The van der Waals surface area contributed by atoms with Crippen molar-refractivity contribution >= 4 is 39.5 Å². The van der Waals surface area contributed by atoms with Gasteiger partial charge in [0.15, 0.2) is 12.2 Å². The number of hydrogen-bond donors (Lipinski definition) is 3. The molecule has 0 fully saturated rings. The Labute approximate surface area is 543 Å². The zero-order valence-corrected chi connectivity index (χ0v) is 59.5. The van der Waals surface area contributed by atoms with Crippen LogP contribution in [0.2, 0.25) is 0 Å². The van der Waals surface area contributed by atoms with Crippen molar-refractivity contribution in [3.63, 3.8) is 0 Å². The largest absolute Gasteiger partial charge is 0.472 e. The molecule has 0 aliphatic carbocycles. The SMILES string of the molecule is CCCCCCCCCCCCCC(=O)OC[C@H](COP(=O)(O)OC[C@@H](O)COP(=O)(O)OC[C@@H](COC(=O)CCCCCCCCC(C)C)OC(=O)CCCCCCCCCCCCC)OC(=O)CCCCCCCCCCCCCCCCC(C)CC. The Morgan fingerprint density at radius 1 is 0.326 bits per heavy atom. The number of hydrogen-bond acceptors (Lipinski definition) is 15. The van der Waals surface area contributed by atoms with Gasteiger partial charge in [0.1, 0.15) is 19.3 Å². The third-order valence-corrected chi connectivity index (χ3v) is 18.5. The molecule has 0 aliphatic rings. The summed E-state index contributed by atoms with van der Waals surface area (Å²) in [6, 6.07) is 0. The summed E-state index contributed by atoms with van der Waals surface area (Å²) < 4.78 is 68.2. The van der Waals surface area contributed by atoms with E-state index in [0.29, 0.717) is 31.6 Å². The number of aliphatic hydroxyl groups excluding tert-OH is 1. The van der Waals surface area contributed by atoms with Gasteiger partial charge in [0.2, 0.25) is 0 Å². The summed E-state index contributed by atoms with van der Waals surface area (Å²) in [6.07, 6.45) is 47.2. The molecule has 0 aromatic rings. The van der Waals surface area contributed by atoms with Gasteiger partial charge in [0.05, 0.1) is 26.4 Å². The second kappa shape index (κ2) is 62.2. The van der Waals surface area contributed by atoms with E-state index in [-0.39, 0.29) is 25.7 Å². The molecule has 0 aromatic heterocycles. The summed E-state index contributed by atoms with van der Waals surface area (Å²) in [5, 5.41) is 10.6. The van der Waals surface area contributed by atoms with E-state index >= 15 is 0 Å². The molecular formula is C70H136O17P2. The molecular weight excluding hydrogens is 1170 g/mol. The summed E-state index contributed by atoms with van der Waals surface area (Å²) in [5.74, 6) is -0.599. The highest BCUT2D eigenvalue weighted by atomic mass is 31.2. The number of aliphatic hydroxyl groups is 1. The Hall–Kier alpha value is -1.94. The first-order valence-electron chi connectivity index (χ1n) is 36.5. The maximum Gasteiger partial charge on any atom is 0.472 e. The van der Waals surface area contributed by atoms with Gasteiger partial charge in [-0.3, -0.25) is 37.3 Å². The van der Waals surface area contributed by atoms with Crippen LogP contribution in [0, 0.1) is 11.8 Å². The summed E-state index contributed by atoms with van der Waals surface area (Å²) in [7, 11) is -9.90. The highest BCUT2D eigenvalue weighted by Crippen LogP contribution is 2.45. The van der Waals surface area contributed by atoms with Crippen molar-refractivity contribution < 1.29 is 80.2 Å². The molecule has 19 heteroatoms. The Bertz CT molecular complexity index is 1740. The van der Waals surface area contributed by atoms with E-state index in [1.165, 1.54) is 167 Å². The average Bonchev–Trinajstić information content (AvgIpc) is 3.71. The molecule has 528 valence electrons. The van der Waals surface area contributed by atoms with E-state index in [1.54, 1.807) is 0 Å². The highest BCUT2D eigenvalue weighted by Gasteiger charge is 2.30. The predicted octanol–water partition coefficient (Wildman–Crippen LogP) is 20.0. The first-order chi connectivity index (χ1) is 42.9. The second-order valence-corrected chi connectivity index (χ2v) is 28.9. The van der Waals surface area contributed by atoms with Crippen molar-refractivity contribution in [3.05, 3.63) is 0 Å². The lowest BCUT2D eigenvalue weighted by Crippen LogP contribution is -2.30. The Morgan fingerprint density at radius 3 is 0.854 bits per heavy atom. The molecule has 0 aromatic carbocycles. The third-order valence-electron chi connectivity index (χ3n) is 16.6. The molecule has 0 amide bonds. The number of carbonyl (C=O) groups excluding carboxylic acids is 4. The fourth-order valence-electron chi connectivity index (χ4n) is 10.6. The number of esters is 4. The van der Waals surface area contributed by atoms with Crippen molar-refractivity contribution in [2.45, 2.75) is 374 Å². The van der Waals surface area contributed by atoms with E-state index in [1.807, 2.05) is 0 Å². The van der Waals surface area contributed by atoms with Crippen molar-refractivity contribution in [2.75, 3.05) is 39.6 Å². The third kappa shape index (κ3) is 63.2. The Kier molecular flexibility index (Phi) is 60.8. The minimum Gasteiger partial charge on any atom is -0.462 e. The molecule has 0 radical (unpaired) electrons. The van der Waals surface area contributed by atoms with Gasteiger partial charge in [-0.25, -0.2) is 9.13 Å². The van der Waals surface area contributed by atoms with E-state index in [2.05, 4.69) is 41.5 Å². The van der Waals surface area contributed by atoms with Crippen LogP contribution in [-0.4, -0.2) is 96.7 Å². The number of phosphoric ester groups is 2. The highest BCUT2D eigenvalue weighted by molar-refractivity contribution is 7.47. The maximum atomic E-state index is 13.0. The zero-order chi connectivity index (χ0) is 65.7. The molecule has 3 N–H and O–H groups in total. The fraction of sp³-hybridized carbons (Fsp3) is 0.943. The standard InChI is InChI=1S/C70H136O17P2/c1-7-10-12-14-16-18-24-29-33-40-46-52-67(72)80-58-65(86-70(75)55-49-43-35-31-27-23-21-20-22-26-28-32-39-45-51-63(6)9-3)60-84-88(76,77)82-56-64(71)57-83-89(78,79)85-61-66(59-81-68(73)53-47-41-37-36-38-44-50-62(4)5)87-69(74)54-48-42-34-30-25-19-17-15-13-11-8-2/h62-66,71H,7-61H2,1-6H3,(H,76,77)(H,78,79)/t63?,64-,65-,66-/m1/s1. The maximum absolute atomic E-state index is 13.0. The lowest BCUT2D eigenvalue weighted by Gasteiger charge is -2.21. The number of phosphoric acid groups is 2. The van der Waals surface area contributed by atoms with Gasteiger partial charge < -0.3 is 33.8 Å². The van der Waals surface area contributed by atoms with Gasteiger partial charge in [-0.1, -0.05) is 305 Å². The average molecular weight is 1310 g/mol. The molecule has 0 spiro atoms. The lowest BCUT2D eigenvalue weighted by molar-refractivity contribution is -0.161. The molecule has 6 atom stereocenters. The van der Waals surface area contributed by atoms with Crippen LogP contribution < -0.4 is 0 Å². The quantitative estimate of drug-likeness (QED) is 0.0222. The predicted molar refractivity (Wildman–Crippen MR) is 358 cm³/mol. The van der Waals surface area contributed by atoms with Crippen molar-refractivity contribution in [2.24, 2.45) is 11.8 Å². The topological polar surface area (TPSA) is 237 Å². The molecule has 0 rings (SSSR count). The minimum atomic E-state index is -4.95. The van der Waals surface area contributed by atoms with Crippen molar-refractivity contribution in [1.29, 1.82) is 0 Å². The van der Waals surface area contributed by atoms with Crippen LogP contribution in [0.3, 0.4) is 0 Å². The first kappa shape index (κ1) is 87.1. The summed E-state index contributed by atoms with van der Waals surface area (Å²) in [4.78, 5) is 72.5. The number of unbranched alkanes of at least 4 members (excludes halogenated alkanes) is 38. The second-order valence-electron chi connectivity index (χ2n) is 26.0. The lowest BCUT2D eigenvalue weighted by atomic mass is 9.99. The summed E-state index contributed by atoms with van der Waals surface area (Å²) in [6.45, 7) is 9.51. The molecule has 0 saturated carbocycles. The normalized spacial score (nSPS) is 14.4. The van der Waals surface area contributed by atoms with Gasteiger partial charge in [-0.2, -0.15) is 0 Å². The monoisotopic (exact) mass is 1310 g/mol. The van der Waals surface area contributed by atoms with Crippen LogP contribution >= 0.6 is 15.6 Å². The number of rotatable bonds is 69. The molecule has 0 bridgehead atoms. The minimum absolute atomic E-state index is 0.106. The van der Waals surface area contributed by atoms with Crippen LogP contribution in [0.15, 0.2) is 0 Å². The van der Waals surface area contributed by atoms with Crippen LogP contribution in [0.5, 0.6) is 0 Å². The van der Waals surface area contributed by atoms with Crippen LogP contribution in [0.25, 0.3) is 0 Å². The Balaban J connectivity index is 5.21. The smallest absolute Gasteiger partial charge is 0.462 e. The fourth-order valence-corrected chi connectivity index (χ4v) is 12.1. The summed E-state index contributed by atoms with van der Waals surface area (Å²) in [5.41, 5.74) is 0. The van der Waals surface area contributed by atoms with Crippen molar-refractivity contribution in [1.82, 2.24) is 0 Å². The van der Waals surface area contributed by atoms with Crippen LogP contribution in [0.1, 0.15) is 356 Å². The number of carbonyl (C=O) groups is 4. The summed E-state index contributed by atoms with van der Waals surface area (Å²) >= 11 is 0. The van der Waals surface area contributed by atoms with Gasteiger partial charge in [0, 0.05) is 25.7 Å². The molecule has 89 heavy (non-hydrogen) atoms. The van der Waals surface area contributed by atoms with Crippen LogP contribution in [0.4, 0.5) is 0 Å². The van der Waals surface area contributed by atoms with Gasteiger partial charge in [0.25, 0.3) is 0 Å². The molecule has 0 aliphatic heterocycles. The molecule has 0 heterocycles. The van der Waals surface area contributed by atoms with E-state index < -0.39 is 97.5 Å². The first-order valence-corrected chi connectivity index (χ1v) is 39.5. The van der Waals surface area contributed by atoms with Gasteiger partial charge >= 0.3 is 39.5 Å². The van der Waals surface area contributed by atoms with Gasteiger partial charge in [-0.05, 0) is 37.5 Å². The Morgan fingerprint density at radius 2 is 0.573 bits per heavy atom. The molecule has 3 unspecified atom stereocenters. The molecule has 17 nitrogen and oxygen atoms in total. The van der Waals surface area contributed by atoms with Crippen LogP contribution in [-0.2, 0) is 65.4 Å².